The van der Waals surface area contributed by atoms with Crippen LogP contribution in [0.5, 0.6) is 0 Å². The van der Waals surface area contributed by atoms with Gasteiger partial charge in [-0.1, -0.05) is 29.3 Å². The smallest absolute Gasteiger partial charge is 0.224 e. The van der Waals surface area contributed by atoms with E-state index < -0.39 is 0 Å². The van der Waals surface area contributed by atoms with E-state index in [0.29, 0.717) is 22.5 Å². The number of halogens is 3. The van der Waals surface area contributed by atoms with Crippen LogP contribution in [0.2, 0.25) is 10.0 Å². The molecule has 1 aromatic rings. The quantitative estimate of drug-likeness (QED) is 0.872. The summed E-state index contributed by atoms with van der Waals surface area (Å²) in [7, 11) is 0. The SMILES string of the molecule is Cl.O=C(CC1CCCN1)N1CCCC1c1ccc(Cl)c(Cl)c1. The van der Waals surface area contributed by atoms with Gasteiger partial charge in [0.2, 0.25) is 5.91 Å². The summed E-state index contributed by atoms with van der Waals surface area (Å²) in [6.45, 7) is 1.88. The highest BCUT2D eigenvalue weighted by atomic mass is 35.5. The Balaban J connectivity index is 0.00000176. The lowest BCUT2D eigenvalue weighted by Gasteiger charge is -2.26. The minimum absolute atomic E-state index is 0. The fourth-order valence-electron chi connectivity index (χ4n) is 3.39. The number of carbonyl (C=O) groups is 1. The van der Waals surface area contributed by atoms with Crippen LogP contribution in [0.1, 0.15) is 43.7 Å². The molecule has 0 aromatic heterocycles. The summed E-state index contributed by atoms with van der Waals surface area (Å²) in [5.74, 6) is 0.253. The zero-order valence-corrected chi connectivity index (χ0v) is 14.7. The second-order valence-electron chi connectivity index (χ2n) is 5.92. The van der Waals surface area contributed by atoms with E-state index >= 15 is 0 Å². The first-order valence-corrected chi connectivity index (χ1v) is 8.38. The summed E-state index contributed by atoms with van der Waals surface area (Å²) in [5, 5.41) is 4.52. The Morgan fingerprint density at radius 2 is 2.05 bits per heavy atom. The number of hydrogen-bond acceptors (Lipinski definition) is 2. The number of nitrogens with one attached hydrogen (secondary N) is 1. The van der Waals surface area contributed by atoms with Gasteiger partial charge in [0.1, 0.15) is 0 Å². The summed E-state index contributed by atoms with van der Waals surface area (Å²) in [5.41, 5.74) is 1.09. The van der Waals surface area contributed by atoms with Gasteiger partial charge in [0.15, 0.2) is 0 Å². The van der Waals surface area contributed by atoms with Crippen molar-refractivity contribution in [1.82, 2.24) is 10.2 Å². The third kappa shape index (κ3) is 3.88. The maximum absolute atomic E-state index is 12.6. The van der Waals surface area contributed by atoms with Crippen molar-refractivity contribution >= 4 is 41.5 Å². The third-order valence-electron chi connectivity index (χ3n) is 4.48. The monoisotopic (exact) mass is 362 g/mol. The largest absolute Gasteiger partial charge is 0.336 e. The molecule has 2 aliphatic heterocycles. The van der Waals surface area contributed by atoms with Gasteiger partial charge in [0, 0.05) is 19.0 Å². The number of carbonyl (C=O) groups excluding carboxylic acids is 1. The standard InChI is InChI=1S/C16H20Cl2N2O.ClH/c17-13-6-5-11(9-14(13)18)15-4-2-8-20(15)16(21)10-12-3-1-7-19-12;/h5-6,9,12,15,19H,1-4,7-8,10H2;1H. The molecule has 0 saturated carbocycles. The molecule has 2 atom stereocenters. The molecule has 2 unspecified atom stereocenters. The molecule has 3 rings (SSSR count). The van der Waals surface area contributed by atoms with E-state index in [4.69, 9.17) is 23.2 Å². The van der Waals surface area contributed by atoms with Gasteiger partial charge in [-0.2, -0.15) is 0 Å². The second-order valence-corrected chi connectivity index (χ2v) is 6.73. The van der Waals surface area contributed by atoms with E-state index in [1.165, 1.54) is 6.42 Å². The van der Waals surface area contributed by atoms with Gasteiger partial charge < -0.3 is 10.2 Å². The molecule has 22 heavy (non-hydrogen) atoms. The van der Waals surface area contributed by atoms with Crippen LogP contribution < -0.4 is 5.32 Å². The Morgan fingerprint density at radius 1 is 1.23 bits per heavy atom. The lowest BCUT2D eigenvalue weighted by Crippen LogP contribution is -2.35. The Kier molecular flexibility index (Phi) is 6.39. The summed E-state index contributed by atoms with van der Waals surface area (Å²) >= 11 is 12.1. The zero-order chi connectivity index (χ0) is 14.8. The fraction of sp³-hybridized carbons (Fsp3) is 0.562. The Bertz CT molecular complexity index is 532. The van der Waals surface area contributed by atoms with E-state index in [-0.39, 0.29) is 24.4 Å². The highest BCUT2D eigenvalue weighted by Gasteiger charge is 2.31. The molecule has 2 saturated heterocycles. The Labute approximate surface area is 147 Å². The summed E-state index contributed by atoms with van der Waals surface area (Å²) in [6, 6.07) is 6.20. The van der Waals surface area contributed by atoms with E-state index in [1.54, 1.807) is 0 Å². The van der Waals surface area contributed by atoms with Crippen LogP contribution in [-0.4, -0.2) is 29.9 Å². The van der Waals surface area contributed by atoms with Crippen LogP contribution in [-0.2, 0) is 4.79 Å². The van der Waals surface area contributed by atoms with Crippen LogP contribution in [0.4, 0.5) is 0 Å². The molecule has 3 nitrogen and oxygen atoms in total. The first-order valence-electron chi connectivity index (χ1n) is 7.63. The highest BCUT2D eigenvalue weighted by Crippen LogP contribution is 2.35. The number of nitrogens with zero attached hydrogens (tertiary/aromatic N) is 1. The number of hydrogen-bond donors (Lipinski definition) is 1. The summed E-state index contributed by atoms with van der Waals surface area (Å²) < 4.78 is 0. The predicted octanol–water partition coefficient (Wildman–Crippen LogP) is 4.22. The molecule has 0 aliphatic carbocycles. The van der Waals surface area contributed by atoms with Crippen molar-refractivity contribution in [3.8, 4) is 0 Å². The zero-order valence-electron chi connectivity index (χ0n) is 12.4. The molecular weight excluding hydrogens is 343 g/mol. The molecule has 1 aromatic carbocycles. The van der Waals surface area contributed by atoms with Crippen molar-refractivity contribution in [3.63, 3.8) is 0 Å². The van der Waals surface area contributed by atoms with Crippen LogP contribution in [0.3, 0.4) is 0 Å². The third-order valence-corrected chi connectivity index (χ3v) is 5.22. The van der Waals surface area contributed by atoms with Gasteiger partial charge in [0.25, 0.3) is 0 Å². The van der Waals surface area contributed by atoms with Gasteiger partial charge in [-0.15, -0.1) is 12.4 Å². The van der Waals surface area contributed by atoms with Crippen molar-refractivity contribution in [2.24, 2.45) is 0 Å². The fourth-order valence-corrected chi connectivity index (χ4v) is 3.70. The van der Waals surface area contributed by atoms with Gasteiger partial charge in [-0.05, 0) is 49.9 Å². The molecule has 6 heteroatoms. The molecule has 122 valence electrons. The number of benzene rings is 1. The molecule has 2 heterocycles. The minimum atomic E-state index is 0. The normalized spacial score (nSPS) is 24.4. The summed E-state index contributed by atoms with van der Waals surface area (Å²) in [4.78, 5) is 14.6. The van der Waals surface area contributed by atoms with Crippen molar-refractivity contribution in [1.29, 1.82) is 0 Å². The van der Waals surface area contributed by atoms with E-state index in [2.05, 4.69) is 5.32 Å². The predicted molar refractivity (Wildman–Crippen MR) is 93.0 cm³/mol. The maximum atomic E-state index is 12.6. The average molecular weight is 364 g/mol. The van der Waals surface area contributed by atoms with E-state index in [0.717, 1.165) is 37.9 Å². The summed E-state index contributed by atoms with van der Waals surface area (Å²) in [6.07, 6.45) is 4.94. The molecule has 0 radical (unpaired) electrons. The van der Waals surface area contributed by atoms with Gasteiger partial charge in [0.05, 0.1) is 16.1 Å². The van der Waals surface area contributed by atoms with Crippen molar-refractivity contribution < 1.29 is 4.79 Å². The molecular formula is C16H21Cl3N2O. The van der Waals surface area contributed by atoms with Crippen LogP contribution >= 0.6 is 35.6 Å². The number of amides is 1. The molecule has 0 bridgehead atoms. The van der Waals surface area contributed by atoms with E-state index in [1.807, 2.05) is 23.1 Å². The molecule has 2 fully saturated rings. The maximum Gasteiger partial charge on any atom is 0.224 e. The first kappa shape index (κ1) is 17.9. The minimum Gasteiger partial charge on any atom is -0.336 e. The van der Waals surface area contributed by atoms with Crippen molar-refractivity contribution in [3.05, 3.63) is 33.8 Å². The van der Waals surface area contributed by atoms with Gasteiger partial charge >= 0.3 is 0 Å². The van der Waals surface area contributed by atoms with Gasteiger partial charge in [-0.25, -0.2) is 0 Å². The number of likely N-dealkylation sites (tertiary alicyclic amines) is 1. The molecule has 2 aliphatic rings. The van der Waals surface area contributed by atoms with Crippen molar-refractivity contribution in [2.75, 3.05) is 13.1 Å². The van der Waals surface area contributed by atoms with E-state index in [9.17, 15) is 4.79 Å². The number of rotatable bonds is 3. The van der Waals surface area contributed by atoms with Crippen LogP contribution in [0.15, 0.2) is 18.2 Å². The lowest BCUT2D eigenvalue weighted by atomic mass is 10.0. The molecule has 0 spiro atoms. The van der Waals surface area contributed by atoms with Gasteiger partial charge in [-0.3, -0.25) is 4.79 Å². The average Bonchev–Trinajstić information content (AvgIpc) is 3.12. The Morgan fingerprint density at radius 3 is 2.73 bits per heavy atom. The van der Waals surface area contributed by atoms with Crippen molar-refractivity contribution in [2.45, 2.75) is 44.2 Å². The van der Waals surface area contributed by atoms with Crippen LogP contribution in [0, 0.1) is 0 Å². The lowest BCUT2D eigenvalue weighted by molar-refractivity contribution is -0.132. The van der Waals surface area contributed by atoms with Crippen LogP contribution in [0.25, 0.3) is 0 Å². The second kappa shape index (κ2) is 7.87. The Hall–Kier alpha value is -0.480. The molecule has 1 amide bonds. The topological polar surface area (TPSA) is 32.3 Å². The first-order chi connectivity index (χ1) is 10.1. The molecule has 1 N–H and O–H groups in total. The highest BCUT2D eigenvalue weighted by molar-refractivity contribution is 6.42.